The van der Waals surface area contributed by atoms with Gasteiger partial charge in [-0.2, -0.15) is 0 Å². The summed E-state index contributed by atoms with van der Waals surface area (Å²) < 4.78 is 28.1. The van der Waals surface area contributed by atoms with Gasteiger partial charge in [0, 0.05) is 12.1 Å². The van der Waals surface area contributed by atoms with E-state index in [-0.39, 0.29) is 11.6 Å². The molecule has 1 saturated carbocycles. The molecule has 0 spiro atoms. The van der Waals surface area contributed by atoms with Gasteiger partial charge in [-0.3, -0.25) is 4.40 Å². The average Bonchev–Trinajstić information content (AvgIpc) is 2.99. The maximum atomic E-state index is 12.9. The molecule has 2 heterocycles. The van der Waals surface area contributed by atoms with E-state index in [1.807, 2.05) is 0 Å². The topological polar surface area (TPSA) is 30.2 Å². The first-order chi connectivity index (χ1) is 7.68. The molecule has 0 aliphatic heterocycles. The van der Waals surface area contributed by atoms with Gasteiger partial charge in [-0.1, -0.05) is 0 Å². The summed E-state index contributed by atoms with van der Waals surface area (Å²) in [7, 11) is 0. The van der Waals surface area contributed by atoms with Crippen LogP contribution in [0.5, 0.6) is 0 Å². The minimum Gasteiger partial charge on any atom is -0.286 e. The summed E-state index contributed by atoms with van der Waals surface area (Å²) in [5.74, 6) is 0.218. The molecule has 0 aromatic carbocycles. The van der Waals surface area contributed by atoms with E-state index in [1.165, 1.54) is 0 Å². The highest BCUT2D eigenvalue weighted by Crippen LogP contribution is 2.44. The second kappa shape index (κ2) is 3.48. The first-order valence-electron chi connectivity index (χ1n) is 4.98. The molecule has 0 amide bonds. The SMILES string of the molecule is FC(F)c1nc2c(Br)cncn2c1C1CC1. The van der Waals surface area contributed by atoms with Crippen LogP contribution in [0.25, 0.3) is 5.65 Å². The van der Waals surface area contributed by atoms with Gasteiger partial charge in [-0.25, -0.2) is 18.7 Å². The summed E-state index contributed by atoms with van der Waals surface area (Å²) in [6, 6.07) is 0. The van der Waals surface area contributed by atoms with Gasteiger partial charge in [0.15, 0.2) is 5.65 Å². The third kappa shape index (κ3) is 1.43. The van der Waals surface area contributed by atoms with Crippen LogP contribution in [-0.4, -0.2) is 14.4 Å². The Morgan fingerprint density at radius 1 is 1.44 bits per heavy atom. The fraction of sp³-hybridized carbons (Fsp3) is 0.400. The monoisotopic (exact) mass is 287 g/mol. The predicted molar refractivity (Wildman–Crippen MR) is 57.6 cm³/mol. The number of nitrogens with zero attached hydrogens (tertiary/aromatic N) is 3. The van der Waals surface area contributed by atoms with Gasteiger partial charge in [0.05, 0.1) is 10.2 Å². The molecular formula is C10H8BrF2N3. The van der Waals surface area contributed by atoms with E-state index >= 15 is 0 Å². The number of aromatic nitrogens is 3. The van der Waals surface area contributed by atoms with Gasteiger partial charge in [0.25, 0.3) is 6.43 Å². The van der Waals surface area contributed by atoms with Gasteiger partial charge < -0.3 is 0 Å². The lowest BCUT2D eigenvalue weighted by molar-refractivity contribution is 0.145. The van der Waals surface area contributed by atoms with Gasteiger partial charge in [0.2, 0.25) is 0 Å². The molecule has 1 fully saturated rings. The second-order valence-corrected chi connectivity index (χ2v) is 4.75. The maximum absolute atomic E-state index is 12.9. The Morgan fingerprint density at radius 2 is 2.19 bits per heavy atom. The minimum atomic E-state index is -2.53. The van der Waals surface area contributed by atoms with E-state index in [0.29, 0.717) is 15.8 Å². The zero-order valence-corrected chi connectivity index (χ0v) is 9.79. The molecule has 2 aromatic rings. The Kier molecular flexibility index (Phi) is 2.20. The second-order valence-electron chi connectivity index (χ2n) is 3.89. The van der Waals surface area contributed by atoms with Crippen molar-refractivity contribution in [3.63, 3.8) is 0 Å². The Bertz CT molecular complexity index is 548. The van der Waals surface area contributed by atoms with Gasteiger partial charge >= 0.3 is 0 Å². The summed E-state index contributed by atoms with van der Waals surface area (Å²) in [4.78, 5) is 7.99. The van der Waals surface area contributed by atoms with Gasteiger partial charge in [-0.05, 0) is 28.8 Å². The van der Waals surface area contributed by atoms with E-state index in [9.17, 15) is 8.78 Å². The molecule has 1 aliphatic carbocycles. The number of hydrogen-bond donors (Lipinski definition) is 0. The van der Waals surface area contributed by atoms with Crippen molar-refractivity contribution in [2.75, 3.05) is 0 Å². The molecule has 0 bridgehead atoms. The zero-order chi connectivity index (χ0) is 11.3. The van der Waals surface area contributed by atoms with Crippen LogP contribution in [0, 0.1) is 0 Å². The van der Waals surface area contributed by atoms with Gasteiger partial charge in [-0.15, -0.1) is 0 Å². The molecule has 0 radical (unpaired) electrons. The normalized spacial score (nSPS) is 16.2. The van der Waals surface area contributed by atoms with E-state index in [1.54, 1.807) is 16.9 Å². The lowest BCUT2D eigenvalue weighted by atomic mass is 10.2. The number of alkyl halides is 2. The summed E-state index contributed by atoms with van der Waals surface area (Å²) in [6.45, 7) is 0. The molecule has 6 heteroatoms. The quantitative estimate of drug-likeness (QED) is 0.848. The van der Waals surface area contributed by atoms with Gasteiger partial charge in [0.1, 0.15) is 12.0 Å². The van der Waals surface area contributed by atoms with Crippen LogP contribution >= 0.6 is 15.9 Å². The Morgan fingerprint density at radius 3 is 2.81 bits per heavy atom. The van der Waals surface area contributed by atoms with Crippen LogP contribution in [-0.2, 0) is 0 Å². The van der Waals surface area contributed by atoms with Crippen molar-refractivity contribution >= 4 is 21.6 Å². The number of rotatable bonds is 2. The molecule has 0 saturated heterocycles. The molecule has 2 aromatic heterocycles. The number of fused-ring (bicyclic) bond motifs is 1. The third-order valence-electron chi connectivity index (χ3n) is 2.73. The molecule has 0 unspecified atom stereocenters. The number of hydrogen-bond acceptors (Lipinski definition) is 2. The van der Waals surface area contributed by atoms with Crippen LogP contribution in [0.3, 0.4) is 0 Å². The van der Waals surface area contributed by atoms with E-state index in [2.05, 4.69) is 25.9 Å². The average molecular weight is 288 g/mol. The smallest absolute Gasteiger partial charge is 0.282 e. The van der Waals surface area contributed by atoms with Crippen molar-refractivity contribution in [2.45, 2.75) is 25.2 Å². The highest BCUT2D eigenvalue weighted by molar-refractivity contribution is 9.10. The molecule has 3 rings (SSSR count). The van der Waals surface area contributed by atoms with Crippen molar-refractivity contribution in [3.8, 4) is 0 Å². The van der Waals surface area contributed by atoms with E-state index < -0.39 is 6.43 Å². The number of halogens is 3. The lowest BCUT2D eigenvalue weighted by Gasteiger charge is -2.01. The van der Waals surface area contributed by atoms with Crippen LogP contribution in [0.1, 0.15) is 36.6 Å². The third-order valence-corrected chi connectivity index (χ3v) is 3.29. The predicted octanol–water partition coefficient (Wildman–Crippen LogP) is 3.31. The Labute approximate surface area is 98.6 Å². The van der Waals surface area contributed by atoms with Crippen LogP contribution in [0.4, 0.5) is 8.78 Å². The first kappa shape index (κ1) is 10.1. The highest BCUT2D eigenvalue weighted by Gasteiger charge is 2.33. The maximum Gasteiger partial charge on any atom is 0.282 e. The fourth-order valence-electron chi connectivity index (χ4n) is 1.89. The minimum absolute atomic E-state index is 0.101. The summed E-state index contributed by atoms with van der Waals surface area (Å²) in [5, 5.41) is 0. The first-order valence-corrected chi connectivity index (χ1v) is 5.77. The van der Waals surface area contributed by atoms with Crippen LogP contribution < -0.4 is 0 Å². The van der Waals surface area contributed by atoms with Crippen molar-refractivity contribution in [2.24, 2.45) is 0 Å². The molecular weight excluding hydrogens is 280 g/mol. The van der Waals surface area contributed by atoms with Crippen molar-refractivity contribution < 1.29 is 8.78 Å². The Hall–Kier alpha value is -1.04. The molecule has 16 heavy (non-hydrogen) atoms. The molecule has 0 N–H and O–H groups in total. The Balaban J connectivity index is 2.32. The number of imidazole rings is 1. The fourth-order valence-corrected chi connectivity index (χ4v) is 2.29. The molecule has 0 atom stereocenters. The van der Waals surface area contributed by atoms with E-state index in [4.69, 9.17) is 0 Å². The van der Waals surface area contributed by atoms with Crippen LogP contribution in [0.2, 0.25) is 0 Å². The highest BCUT2D eigenvalue weighted by atomic mass is 79.9. The zero-order valence-electron chi connectivity index (χ0n) is 8.20. The van der Waals surface area contributed by atoms with Crippen molar-refractivity contribution in [1.82, 2.24) is 14.4 Å². The van der Waals surface area contributed by atoms with Crippen LogP contribution in [0.15, 0.2) is 17.0 Å². The molecule has 3 nitrogen and oxygen atoms in total. The standard InChI is InChI=1S/C10H8BrF2N3/c11-6-3-14-4-16-8(5-1-2-5)7(9(12)13)15-10(6)16/h3-5,9H,1-2H2. The summed E-state index contributed by atoms with van der Waals surface area (Å²) in [5.41, 5.74) is 1.04. The lowest BCUT2D eigenvalue weighted by Crippen LogP contribution is -1.96. The van der Waals surface area contributed by atoms with E-state index in [0.717, 1.165) is 12.8 Å². The largest absolute Gasteiger partial charge is 0.286 e. The molecule has 1 aliphatic rings. The summed E-state index contributed by atoms with van der Waals surface area (Å²) in [6.07, 6.45) is 2.50. The van der Waals surface area contributed by atoms with Crippen molar-refractivity contribution in [3.05, 3.63) is 28.4 Å². The molecule has 84 valence electrons. The summed E-state index contributed by atoms with van der Waals surface area (Å²) >= 11 is 3.27. The van der Waals surface area contributed by atoms with Crippen molar-refractivity contribution in [1.29, 1.82) is 0 Å².